The maximum atomic E-state index is 14.4. The van der Waals surface area contributed by atoms with Crippen molar-refractivity contribution in [3.05, 3.63) is 82.4 Å². The highest BCUT2D eigenvalue weighted by molar-refractivity contribution is 6.03. The van der Waals surface area contributed by atoms with Gasteiger partial charge in [-0.05, 0) is 86.8 Å². The molecule has 0 radical (unpaired) electrons. The van der Waals surface area contributed by atoms with Gasteiger partial charge in [0.1, 0.15) is 36.5 Å². The summed E-state index contributed by atoms with van der Waals surface area (Å²) in [5.41, 5.74) is 2.51. The SMILES string of the molecule is C=CCOC12Oc3ccc(OCCN4CC4)cc3C3C(CCCCO)C(CCCCO)C=C(C(=NOCC)CC1N(CCC)C(=O)Oc1ccc([N+](=O)[O-])cc1)C32. The van der Waals surface area contributed by atoms with Gasteiger partial charge in [0.05, 0.1) is 23.2 Å². The van der Waals surface area contributed by atoms with Crippen LogP contribution in [0.15, 0.2) is 71.9 Å². The molecular formula is C43H58N4O10. The number of ether oxygens (including phenoxy) is 4. The van der Waals surface area contributed by atoms with E-state index < -0.39 is 28.8 Å². The highest BCUT2D eigenvalue weighted by Crippen LogP contribution is 2.62. The predicted molar refractivity (Wildman–Crippen MR) is 215 cm³/mol. The smallest absolute Gasteiger partial charge is 0.415 e. The van der Waals surface area contributed by atoms with Crippen LogP contribution in [0.4, 0.5) is 10.5 Å². The first-order chi connectivity index (χ1) is 27.8. The molecule has 0 spiro atoms. The Labute approximate surface area is 335 Å². The van der Waals surface area contributed by atoms with E-state index in [4.69, 9.17) is 28.9 Å². The first-order valence-corrected chi connectivity index (χ1v) is 20.6. The fourth-order valence-corrected chi connectivity index (χ4v) is 8.88. The van der Waals surface area contributed by atoms with Crippen LogP contribution >= 0.6 is 0 Å². The second kappa shape index (κ2) is 19.8. The zero-order valence-electron chi connectivity index (χ0n) is 33.3. The summed E-state index contributed by atoms with van der Waals surface area (Å²) in [6.07, 6.45) is 8.79. The number of hydrogen-bond donors (Lipinski definition) is 2. The minimum atomic E-state index is -1.43. The van der Waals surface area contributed by atoms with Gasteiger partial charge in [-0.2, -0.15) is 0 Å². The van der Waals surface area contributed by atoms with E-state index in [2.05, 4.69) is 23.6 Å². The molecular weight excluding hydrogens is 732 g/mol. The standard InChI is InChI=1S/C43H58N4O10/c1-4-19-46(42(50)56-32-15-13-31(14-16-32)47(51)52)39-29-37(44-55-6-3)35-27-30(11-7-9-23-48)34(12-8-10-24-49)40-36-28-33(53-26-22-45-20-21-45)17-18-38(36)57-43(39,41(35)40)54-25-5-2/h5,13-18,27-28,30,34,39-41,48-49H,2,4,6-12,19-26,29H2,1,3H3. The Bertz CT molecular complexity index is 1750. The molecule has 2 aliphatic heterocycles. The lowest BCUT2D eigenvalue weighted by atomic mass is 9.55. The van der Waals surface area contributed by atoms with Gasteiger partial charge in [0, 0.05) is 69.4 Å². The Balaban J connectivity index is 1.51. The molecule has 0 bridgehead atoms. The molecule has 14 heteroatoms. The molecule has 1 saturated heterocycles. The largest absolute Gasteiger partial charge is 0.492 e. The van der Waals surface area contributed by atoms with Crippen LogP contribution < -0.4 is 14.2 Å². The number of carbonyl (C=O) groups is 1. The zero-order valence-corrected chi connectivity index (χ0v) is 33.3. The average Bonchev–Trinajstić information content (AvgIpc) is 4.04. The van der Waals surface area contributed by atoms with Crippen LogP contribution in [0.2, 0.25) is 0 Å². The van der Waals surface area contributed by atoms with Crippen LogP contribution in [0.25, 0.3) is 0 Å². The average molecular weight is 791 g/mol. The van der Waals surface area contributed by atoms with Crippen LogP contribution in [0, 0.1) is 27.9 Å². The monoisotopic (exact) mass is 790 g/mol. The lowest BCUT2D eigenvalue weighted by Crippen LogP contribution is -2.70. The number of amides is 1. The van der Waals surface area contributed by atoms with E-state index in [0.717, 1.165) is 62.2 Å². The van der Waals surface area contributed by atoms with E-state index in [9.17, 15) is 25.1 Å². The minimum absolute atomic E-state index is 0.0740. The van der Waals surface area contributed by atoms with Crippen LogP contribution in [-0.4, -0.2) is 108 Å². The summed E-state index contributed by atoms with van der Waals surface area (Å²) in [6.45, 7) is 12.4. The molecule has 6 rings (SSSR count). The predicted octanol–water partition coefficient (Wildman–Crippen LogP) is 6.85. The number of nitro groups is 1. The van der Waals surface area contributed by atoms with Gasteiger partial charge >= 0.3 is 6.09 Å². The molecule has 2 fully saturated rings. The van der Waals surface area contributed by atoms with Gasteiger partial charge < -0.3 is 34.0 Å². The molecule has 57 heavy (non-hydrogen) atoms. The van der Waals surface area contributed by atoms with Crippen LogP contribution in [0.3, 0.4) is 0 Å². The summed E-state index contributed by atoms with van der Waals surface area (Å²) in [6, 6.07) is 10.6. The number of fused-ring (bicyclic) bond motifs is 2. The molecule has 1 saturated carbocycles. The number of unbranched alkanes of at least 4 members (excludes halogenated alkanes) is 2. The van der Waals surface area contributed by atoms with Crippen LogP contribution in [0.1, 0.15) is 76.7 Å². The molecule has 2 N–H and O–H groups in total. The number of non-ortho nitro benzene ring substituents is 1. The Hall–Kier alpha value is -4.50. The maximum Gasteiger partial charge on any atom is 0.415 e. The van der Waals surface area contributed by atoms with Gasteiger partial charge in [-0.1, -0.05) is 37.1 Å². The summed E-state index contributed by atoms with van der Waals surface area (Å²) in [5.74, 6) is -0.356. The van der Waals surface area contributed by atoms with E-state index in [0.29, 0.717) is 43.9 Å². The first-order valence-electron chi connectivity index (χ1n) is 20.6. The topological polar surface area (TPSA) is 165 Å². The molecule has 0 aromatic heterocycles. The van der Waals surface area contributed by atoms with E-state index in [1.54, 1.807) is 11.0 Å². The van der Waals surface area contributed by atoms with Gasteiger partial charge in [-0.25, -0.2) is 4.79 Å². The molecule has 2 heterocycles. The van der Waals surface area contributed by atoms with Crippen molar-refractivity contribution >= 4 is 17.5 Å². The number of oxime groups is 1. The Morgan fingerprint density at radius 1 is 1.09 bits per heavy atom. The molecule has 6 unspecified atom stereocenters. The minimum Gasteiger partial charge on any atom is -0.492 e. The number of nitrogens with zero attached hydrogens (tertiary/aromatic N) is 4. The number of benzene rings is 2. The number of aliphatic hydroxyl groups is 2. The molecule has 4 aliphatic rings. The molecule has 2 aromatic rings. The third-order valence-electron chi connectivity index (χ3n) is 11.5. The van der Waals surface area contributed by atoms with Crippen molar-refractivity contribution in [1.29, 1.82) is 0 Å². The Morgan fingerprint density at radius 2 is 1.82 bits per heavy atom. The van der Waals surface area contributed by atoms with Crippen molar-refractivity contribution in [2.75, 3.05) is 59.2 Å². The second-order valence-corrected chi connectivity index (χ2v) is 15.2. The summed E-state index contributed by atoms with van der Waals surface area (Å²) < 4.78 is 26.5. The number of aliphatic hydroxyl groups excluding tert-OH is 2. The van der Waals surface area contributed by atoms with Gasteiger partial charge in [0.2, 0.25) is 5.79 Å². The quantitative estimate of drug-likeness (QED) is 0.0421. The van der Waals surface area contributed by atoms with Crippen molar-refractivity contribution in [1.82, 2.24) is 9.80 Å². The highest BCUT2D eigenvalue weighted by atomic mass is 16.7. The van der Waals surface area contributed by atoms with Crippen molar-refractivity contribution in [3.63, 3.8) is 0 Å². The second-order valence-electron chi connectivity index (χ2n) is 15.2. The summed E-state index contributed by atoms with van der Waals surface area (Å²) >= 11 is 0. The van der Waals surface area contributed by atoms with E-state index in [-0.39, 0.29) is 62.0 Å². The van der Waals surface area contributed by atoms with Crippen molar-refractivity contribution in [2.24, 2.45) is 22.9 Å². The lowest BCUT2D eigenvalue weighted by Gasteiger charge is -2.59. The Kier molecular flexibility index (Phi) is 14.6. The number of allylic oxidation sites excluding steroid dienone is 1. The van der Waals surface area contributed by atoms with Gasteiger partial charge in [-0.15, -0.1) is 6.58 Å². The van der Waals surface area contributed by atoms with Crippen molar-refractivity contribution < 1.29 is 43.7 Å². The summed E-state index contributed by atoms with van der Waals surface area (Å²) in [4.78, 5) is 35.0. The van der Waals surface area contributed by atoms with Crippen LogP contribution in [-0.2, 0) is 9.57 Å². The molecule has 1 amide bonds. The van der Waals surface area contributed by atoms with Gasteiger partial charge in [0.15, 0.2) is 0 Å². The zero-order chi connectivity index (χ0) is 40.4. The fourth-order valence-electron chi connectivity index (χ4n) is 8.88. The van der Waals surface area contributed by atoms with E-state index >= 15 is 0 Å². The molecule has 2 aromatic carbocycles. The first kappa shape index (κ1) is 42.1. The fraction of sp³-hybridized carbons (Fsp3) is 0.581. The Morgan fingerprint density at radius 3 is 2.49 bits per heavy atom. The lowest BCUT2D eigenvalue weighted by molar-refractivity contribution is -0.384. The number of hydrogen-bond acceptors (Lipinski definition) is 12. The van der Waals surface area contributed by atoms with Crippen LogP contribution in [0.5, 0.6) is 17.2 Å². The molecule has 6 atom stereocenters. The highest BCUT2D eigenvalue weighted by Gasteiger charge is 2.65. The van der Waals surface area contributed by atoms with Gasteiger partial charge in [0.25, 0.3) is 5.69 Å². The van der Waals surface area contributed by atoms with E-state index in [1.807, 2.05) is 26.0 Å². The third-order valence-corrected chi connectivity index (χ3v) is 11.5. The van der Waals surface area contributed by atoms with Gasteiger partial charge in [-0.3, -0.25) is 19.9 Å². The summed E-state index contributed by atoms with van der Waals surface area (Å²) in [7, 11) is 0. The van der Waals surface area contributed by atoms with E-state index in [1.165, 1.54) is 24.3 Å². The number of carbonyl (C=O) groups excluding carboxylic acids is 1. The normalized spacial score (nSPS) is 25.4. The molecule has 2 aliphatic carbocycles. The number of rotatable bonds is 22. The summed E-state index contributed by atoms with van der Waals surface area (Å²) in [5, 5.41) is 35.7. The van der Waals surface area contributed by atoms with Crippen molar-refractivity contribution in [2.45, 2.75) is 83.0 Å². The third kappa shape index (κ3) is 9.63. The molecule has 14 nitrogen and oxygen atoms in total. The maximum absolute atomic E-state index is 14.4. The van der Waals surface area contributed by atoms with Crippen molar-refractivity contribution in [3.8, 4) is 17.2 Å². The number of nitro benzene ring substituents is 1. The molecule has 310 valence electrons.